The maximum atomic E-state index is 12.5. The van der Waals surface area contributed by atoms with E-state index in [9.17, 15) is 4.79 Å². The topological polar surface area (TPSA) is 57.8 Å². The Morgan fingerprint density at radius 3 is 2.76 bits per heavy atom. The van der Waals surface area contributed by atoms with Crippen LogP contribution in [0, 0.1) is 10.5 Å². The minimum atomic E-state index is -0.137. The molecule has 2 N–H and O–H groups in total. The van der Waals surface area contributed by atoms with E-state index < -0.39 is 0 Å². The fourth-order valence-electron chi connectivity index (χ4n) is 2.86. The number of aromatic amines is 1. The molecule has 2 aromatic carbocycles. The summed E-state index contributed by atoms with van der Waals surface area (Å²) in [4.78, 5) is 20.5. The molecule has 1 amide bonds. The van der Waals surface area contributed by atoms with Gasteiger partial charge in [0, 0.05) is 31.1 Å². The highest BCUT2D eigenvalue weighted by Gasteiger charge is 2.15. The largest absolute Gasteiger partial charge is 0.358 e. The summed E-state index contributed by atoms with van der Waals surface area (Å²) < 4.78 is 0.918. The number of nitrogens with one attached hydrogen (secondary N) is 2. The van der Waals surface area contributed by atoms with Crippen LogP contribution in [0.2, 0.25) is 0 Å². The quantitative estimate of drug-likeness (QED) is 0.400. The number of hydrogen-bond donors (Lipinski definition) is 2. The lowest BCUT2D eigenvalue weighted by Gasteiger charge is -2.03. The van der Waals surface area contributed by atoms with E-state index in [-0.39, 0.29) is 5.91 Å². The van der Waals surface area contributed by atoms with E-state index in [1.54, 1.807) is 0 Å². The van der Waals surface area contributed by atoms with E-state index in [0.717, 1.165) is 31.4 Å². The molecule has 4 nitrogen and oxygen atoms in total. The van der Waals surface area contributed by atoms with Crippen molar-refractivity contribution in [2.24, 2.45) is 0 Å². The second-order valence-electron chi connectivity index (χ2n) is 5.64. The molecular formula is C19H14IN3OS. The molecule has 0 radical (unpaired) electrons. The number of para-hydroxylation sites is 1. The van der Waals surface area contributed by atoms with Crippen molar-refractivity contribution in [2.75, 3.05) is 5.32 Å². The Kier molecular flexibility index (Phi) is 4.30. The maximum Gasteiger partial charge on any atom is 0.258 e. The van der Waals surface area contributed by atoms with E-state index >= 15 is 0 Å². The first kappa shape index (κ1) is 16.3. The average Bonchev–Trinajstić information content (AvgIpc) is 3.18. The Labute approximate surface area is 162 Å². The highest BCUT2D eigenvalue weighted by atomic mass is 127. The second kappa shape index (κ2) is 6.61. The number of aryl methyl sites for hydroxylation is 1. The monoisotopic (exact) mass is 459 g/mol. The van der Waals surface area contributed by atoms with Crippen molar-refractivity contribution in [3.8, 4) is 11.3 Å². The molecule has 0 unspecified atom stereocenters. The molecule has 0 saturated carbocycles. The van der Waals surface area contributed by atoms with Gasteiger partial charge in [0.2, 0.25) is 0 Å². The summed E-state index contributed by atoms with van der Waals surface area (Å²) >= 11 is 3.60. The van der Waals surface area contributed by atoms with Crippen molar-refractivity contribution in [3.05, 3.63) is 68.7 Å². The van der Waals surface area contributed by atoms with Crippen LogP contribution in [0.3, 0.4) is 0 Å². The Balaban J connectivity index is 1.65. The lowest BCUT2D eigenvalue weighted by atomic mass is 10.1. The lowest BCUT2D eigenvalue weighted by molar-refractivity contribution is 0.102. The van der Waals surface area contributed by atoms with Gasteiger partial charge in [0.25, 0.3) is 5.91 Å². The summed E-state index contributed by atoms with van der Waals surface area (Å²) in [7, 11) is 0. The third kappa shape index (κ3) is 3.07. The normalized spacial score (nSPS) is 11.0. The van der Waals surface area contributed by atoms with Gasteiger partial charge in [-0.05, 0) is 47.7 Å². The molecule has 6 heteroatoms. The fourth-order valence-corrected chi connectivity index (χ4v) is 4.19. The van der Waals surface area contributed by atoms with Crippen LogP contribution in [-0.2, 0) is 0 Å². The second-order valence-corrected chi connectivity index (χ2v) is 7.66. The predicted octanol–water partition coefficient (Wildman–Crippen LogP) is 5.46. The summed E-state index contributed by atoms with van der Waals surface area (Å²) in [5.74, 6) is -0.137. The summed E-state index contributed by atoms with van der Waals surface area (Å²) in [6.45, 7) is 2.04. The first-order chi connectivity index (χ1) is 12.1. The molecule has 0 spiro atoms. The smallest absolute Gasteiger partial charge is 0.258 e. The van der Waals surface area contributed by atoms with Gasteiger partial charge in [0.05, 0.1) is 11.3 Å². The summed E-state index contributed by atoms with van der Waals surface area (Å²) in [5.41, 5.74) is 4.78. The number of hydrogen-bond acceptors (Lipinski definition) is 3. The van der Waals surface area contributed by atoms with Crippen molar-refractivity contribution in [1.82, 2.24) is 9.97 Å². The summed E-state index contributed by atoms with van der Waals surface area (Å²) in [5, 5.41) is 6.62. The van der Waals surface area contributed by atoms with Crippen LogP contribution in [0.5, 0.6) is 0 Å². The molecule has 25 heavy (non-hydrogen) atoms. The van der Waals surface area contributed by atoms with Gasteiger partial charge < -0.3 is 4.98 Å². The molecule has 0 aliphatic heterocycles. The number of H-pyrrole nitrogens is 1. The van der Waals surface area contributed by atoms with E-state index in [2.05, 4.69) is 50.0 Å². The Morgan fingerprint density at radius 1 is 1.16 bits per heavy atom. The molecule has 0 aliphatic carbocycles. The Morgan fingerprint density at radius 2 is 1.92 bits per heavy atom. The average molecular weight is 459 g/mol. The Hall–Kier alpha value is -2.19. The van der Waals surface area contributed by atoms with Crippen molar-refractivity contribution < 1.29 is 4.79 Å². The highest BCUT2D eigenvalue weighted by molar-refractivity contribution is 14.1. The number of carbonyl (C=O) groups is 1. The van der Waals surface area contributed by atoms with Gasteiger partial charge in [-0.1, -0.05) is 30.3 Å². The molecule has 2 aromatic heterocycles. The molecule has 4 aromatic rings. The summed E-state index contributed by atoms with van der Waals surface area (Å²) in [6.07, 6.45) is 0. The molecule has 4 rings (SSSR count). The number of fused-ring (bicyclic) bond motifs is 1. The third-order valence-corrected chi connectivity index (χ3v) is 5.69. The minimum absolute atomic E-state index is 0.137. The number of rotatable bonds is 3. The van der Waals surface area contributed by atoms with Crippen molar-refractivity contribution in [1.29, 1.82) is 0 Å². The van der Waals surface area contributed by atoms with Gasteiger partial charge in [-0.3, -0.25) is 10.1 Å². The molecule has 0 bridgehead atoms. The molecule has 2 heterocycles. The summed E-state index contributed by atoms with van der Waals surface area (Å²) in [6, 6.07) is 15.7. The maximum absolute atomic E-state index is 12.5. The third-order valence-electron chi connectivity index (χ3n) is 3.99. The zero-order chi connectivity index (χ0) is 17.4. The highest BCUT2D eigenvalue weighted by Crippen LogP contribution is 2.34. The number of carbonyl (C=O) groups excluding carboxylic acids is 1. The molecule has 0 atom stereocenters. The molecule has 0 fully saturated rings. The zero-order valence-electron chi connectivity index (χ0n) is 13.3. The van der Waals surface area contributed by atoms with E-state index in [4.69, 9.17) is 0 Å². The standard InChI is InChI=1S/C19H14IN3OS/c1-11-17(13-7-3-5-9-15(13)21-11)16-10-25-19(22-16)23-18(24)12-6-2-4-8-14(12)20/h2-10,21H,1H3,(H,22,23,24). The lowest BCUT2D eigenvalue weighted by Crippen LogP contribution is -2.13. The van der Waals surface area contributed by atoms with Crippen LogP contribution in [0.15, 0.2) is 53.9 Å². The van der Waals surface area contributed by atoms with Crippen LogP contribution in [0.4, 0.5) is 5.13 Å². The van der Waals surface area contributed by atoms with Gasteiger partial charge in [-0.15, -0.1) is 11.3 Å². The van der Waals surface area contributed by atoms with Gasteiger partial charge in [-0.25, -0.2) is 4.98 Å². The van der Waals surface area contributed by atoms with Crippen molar-refractivity contribution in [2.45, 2.75) is 6.92 Å². The molecular weight excluding hydrogens is 445 g/mol. The van der Waals surface area contributed by atoms with Crippen LogP contribution in [0.25, 0.3) is 22.2 Å². The molecule has 124 valence electrons. The first-order valence-electron chi connectivity index (χ1n) is 7.72. The number of benzene rings is 2. The SMILES string of the molecule is Cc1[nH]c2ccccc2c1-c1csc(NC(=O)c2ccccc2I)n1. The molecule has 0 aliphatic rings. The van der Waals surface area contributed by atoms with Crippen LogP contribution in [0.1, 0.15) is 16.1 Å². The Bertz CT molecular complexity index is 1080. The van der Waals surface area contributed by atoms with Crippen LogP contribution in [-0.4, -0.2) is 15.9 Å². The van der Waals surface area contributed by atoms with E-state index in [0.29, 0.717) is 10.7 Å². The van der Waals surface area contributed by atoms with E-state index in [1.165, 1.54) is 11.3 Å². The van der Waals surface area contributed by atoms with E-state index in [1.807, 2.05) is 48.7 Å². The number of nitrogens with zero attached hydrogens (tertiary/aromatic N) is 1. The van der Waals surface area contributed by atoms with Crippen molar-refractivity contribution >= 4 is 55.9 Å². The van der Waals surface area contributed by atoms with Crippen molar-refractivity contribution in [3.63, 3.8) is 0 Å². The number of aromatic nitrogens is 2. The number of anilines is 1. The predicted molar refractivity (Wildman–Crippen MR) is 111 cm³/mol. The first-order valence-corrected chi connectivity index (χ1v) is 9.68. The number of amides is 1. The van der Waals surface area contributed by atoms with Gasteiger partial charge in [0.15, 0.2) is 5.13 Å². The van der Waals surface area contributed by atoms with Crippen LogP contribution >= 0.6 is 33.9 Å². The van der Waals surface area contributed by atoms with Gasteiger partial charge >= 0.3 is 0 Å². The molecule has 0 saturated heterocycles. The van der Waals surface area contributed by atoms with Crippen LogP contribution < -0.4 is 5.32 Å². The number of thiazole rings is 1. The minimum Gasteiger partial charge on any atom is -0.358 e. The van der Waals surface area contributed by atoms with Gasteiger partial charge in [0.1, 0.15) is 0 Å². The fraction of sp³-hybridized carbons (Fsp3) is 0.0526. The van der Waals surface area contributed by atoms with Gasteiger partial charge in [-0.2, -0.15) is 0 Å². The zero-order valence-corrected chi connectivity index (χ0v) is 16.3. The number of halogens is 1.